The van der Waals surface area contributed by atoms with Gasteiger partial charge < -0.3 is 9.84 Å². The number of carboxylic acid groups (broad SMARTS) is 1. The predicted molar refractivity (Wildman–Crippen MR) is 99.9 cm³/mol. The number of aromatic nitrogens is 2. The van der Waals surface area contributed by atoms with Gasteiger partial charge in [-0.3, -0.25) is 5.32 Å². The normalized spacial score (nSPS) is 11.1. The van der Waals surface area contributed by atoms with E-state index in [1.54, 1.807) is 39.0 Å². The van der Waals surface area contributed by atoms with Gasteiger partial charge in [-0.25, -0.2) is 19.6 Å². The summed E-state index contributed by atoms with van der Waals surface area (Å²) in [6.45, 7) is 5.36. The van der Waals surface area contributed by atoms with Crippen LogP contribution < -0.4 is 5.32 Å². The van der Waals surface area contributed by atoms with Gasteiger partial charge in [0.25, 0.3) is 0 Å². The molecule has 1 aromatic heterocycles. The van der Waals surface area contributed by atoms with E-state index in [1.807, 2.05) is 12.3 Å². The quantitative estimate of drug-likeness (QED) is 0.605. The van der Waals surface area contributed by atoms with Gasteiger partial charge in [0.15, 0.2) is 5.16 Å². The first kappa shape index (κ1) is 19.7. The van der Waals surface area contributed by atoms with Crippen molar-refractivity contribution in [3.63, 3.8) is 0 Å². The minimum atomic E-state index is -1.07. The minimum absolute atomic E-state index is 0.0632. The lowest BCUT2D eigenvalue weighted by molar-refractivity contribution is 0.0634. The smallest absolute Gasteiger partial charge is 0.412 e. The molecule has 0 aliphatic carbocycles. The average Bonchev–Trinajstić information content (AvgIpc) is 2.52. The molecule has 1 heterocycles. The van der Waals surface area contributed by atoms with Gasteiger partial charge in [-0.2, -0.15) is 0 Å². The molecular weight excluding hydrogens is 354 g/mol. The summed E-state index contributed by atoms with van der Waals surface area (Å²) < 4.78 is 5.23. The van der Waals surface area contributed by atoms with Crippen molar-refractivity contribution < 1.29 is 19.4 Å². The Hall–Kier alpha value is -2.61. The lowest BCUT2D eigenvalue weighted by Gasteiger charge is -2.19. The highest BCUT2D eigenvalue weighted by atomic mass is 32.2. The Labute approximate surface area is 156 Å². The molecule has 0 bridgehead atoms. The molecule has 0 radical (unpaired) electrons. The SMILES string of the molecule is CSc1ncc(C(=O)O)c(Cc2cccc(NC(=O)OC(C)(C)C)c2)n1. The summed E-state index contributed by atoms with van der Waals surface area (Å²) in [5, 5.41) is 12.5. The maximum absolute atomic E-state index is 11.9. The van der Waals surface area contributed by atoms with Crippen molar-refractivity contribution in [3.05, 3.63) is 47.3 Å². The van der Waals surface area contributed by atoms with Crippen molar-refractivity contribution in [2.45, 2.75) is 37.9 Å². The molecule has 0 unspecified atom stereocenters. The van der Waals surface area contributed by atoms with E-state index in [0.717, 1.165) is 5.56 Å². The molecule has 7 nitrogen and oxygen atoms in total. The average molecular weight is 375 g/mol. The fourth-order valence-corrected chi connectivity index (χ4v) is 2.54. The first-order valence-corrected chi connectivity index (χ1v) is 9.12. The summed E-state index contributed by atoms with van der Waals surface area (Å²) in [4.78, 5) is 31.6. The Bertz CT molecular complexity index is 818. The fraction of sp³-hybridized carbons (Fsp3) is 0.333. The zero-order valence-corrected chi connectivity index (χ0v) is 15.9. The van der Waals surface area contributed by atoms with E-state index in [-0.39, 0.29) is 5.56 Å². The van der Waals surface area contributed by atoms with Gasteiger partial charge in [0.05, 0.1) is 11.3 Å². The highest BCUT2D eigenvalue weighted by molar-refractivity contribution is 7.98. The van der Waals surface area contributed by atoms with Gasteiger partial charge in [-0.15, -0.1) is 0 Å². The second-order valence-corrected chi connectivity index (χ2v) is 7.30. The van der Waals surface area contributed by atoms with E-state index in [0.29, 0.717) is 23.0 Å². The molecule has 0 aliphatic heterocycles. The third-order valence-corrected chi connectivity index (χ3v) is 3.76. The van der Waals surface area contributed by atoms with Crippen molar-refractivity contribution in [3.8, 4) is 0 Å². The number of carbonyl (C=O) groups excluding carboxylic acids is 1. The minimum Gasteiger partial charge on any atom is -0.478 e. The zero-order valence-electron chi connectivity index (χ0n) is 15.1. The van der Waals surface area contributed by atoms with Crippen LogP contribution in [0.1, 0.15) is 42.4 Å². The molecule has 2 aromatic rings. The maximum Gasteiger partial charge on any atom is 0.412 e. The molecule has 0 fully saturated rings. The molecule has 0 saturated heterocycles. The van der Waals surface area contributed by atoms with Gasteiger partial charge in [0.2, 0.25) is 0 Å². The number of carbonyl (C=O) groups is 2. The lowest BCUT2D eigenvalue weighted by atomic mass is 10.1. The maximum atomic E-state index is 11.9. The van der Waals surface area contributed by atoms with Gasteiger partial charge in [0, 0.05) is 18.3 Å². The monoisotopic (exact) mass is 375 g/mol. The highest BCUT2D eigenvalue weighted by Gasteiger charge is 2.17. The topological polar surface area (TPSA) is 101 Å². The Balaban J connectivity index is 2.21. The second kappa shape index (κ2) is 8.18. The number of amides is 1. The summed E-state index contributed by atoms with van der Waals surface area (Å²) in [6, 6.07) is 7.11. The Kier molecular flexibility index (Phi) is 6.20. The van der Waals surface area contributed by atoms with Crippen LogP contribution in [0.2, 0.25) is 0 Å². The van der Waals surface area contributed by atoms with Crippen LogP contribution in [0.3, 0.4) is 0 Å². The van der Waals surface area contributed by atoms with Crippen LogP contribution in [-0.2, 0) is 11.2 Å². The van der Waals surface area contributed by atoms with Gasteiger partial charge in [-0.05, 0) is 44.7 Å². The van der Waals surface area contributed by atoms with Gasteiger partial charge >= 0.3 is 12.1 Å². The molecule has 0 aliphatic rings. The molecule has 138 valence electrons. The van der Waals surface area contributed by atoms with Crippen LogP contribution in [0.15, 0.2) is 35.6 Å². The van der Waals surface area contributed by atoms with Crippen LogP contribution >= 0.6 is 11.8 Å². The number of nitrogens with zero attached hydrogens (tertiary/aromatic N) is 2. The lowest BCUT2D eigenvalue weighted by Crippen LogP contribution is -2.27. The van der Waals surface area contributed by atoms with E-state index >= 15 is 0 Å². The summed E-state index contributed by atoms with van der Waals surface area (Å²) in [5.74, 6) is -1.07. The largest absolute Gasteiger partial charge is 0.478 e. The zero-order chi connectivity index (χ0) is 19.3. The van der Waals surface area contributed by atoms with Crippen molar-refractivity contribution >= 4 is 29.5 Å². The molecule has 0 saturated carbocycles. The fourth-order valence-electron chi connectivity index (χ4n) is 2.18. The van der Waals surface area contributed by atoms with Crippen LogP contribution in [0.4, 0.5) is 10.5 Å². The molecule has 0 spiro atoms. The molecular formula is C18H21N3O4S. The summed E-state index contributed by atoms with van der Waals surface area (Å²) in [7, 11) is 0. The first-order chi connectivity index (χ1) is 12.2. The van der Waals surface area contributed by atoms with Crippen LogP contribution in [0.25, 0.3) is 0 Å². The van der Waals surface area contributed by atoms with E-state index in [2.05, 4.69) is 15.3 Å². The van der Waals surface area contributed by atoms with Crippen LogP contribution in [0.5, 0.6) is 0 Å². The number of hydrogen-bond donors (Lipinski definition) is 2. The molecule has 26 heavy (non-hydrogen) atoms. The number of ether oxygens (including phenoxy) is 1. The standard InChI is InChI=1S/C18H21N3O4S/c1-18(2,3)25-17(24)20-12-7-5-6-11(8-12)9-14-13(15(22)23)10-19-16(21-14)26-4/h5-8,10H,9H2,1-4H3,(H,20,24)(H,22,23). The number of rotatable bonds is 5. The molecule has 1 aromatic carbocycles. The predicted octanol–water partition coefficient (Wildman–Crippen LogP) is 3.83. The third kappa shape index (κ3) is 5.73. The Morgan fingerprint density at radius 2 is 2.04 bits per heavy atom. The van der Waals surface area contributed by atoms with Gasteiger partial charge in [-0.1, -0.05) is 23.9 Å². The first-order valence-electron chi connectivity index (χ1n) is 7.90. The van der Waals surface area contributed by atoms with Crippen molar-refractivity contribution in [1.29, 1.82) is 0 Å². The Morgan fingerprint density at radius 1 is 1.31 bits per heavy atom. The van der Waals surface area contributed by atoms with Crippen molar-refractivity contribution in [2.24, 2.45) is 0 Å². The van der Waals surface area contributed by atoms with Gasteiger partial charge in [0.1, 0.15) is 5.60 Å². The number of carboxylic acids is 1. The van der Waals surface area contributed by atoms with Crippen LogP contribution in [-0.4, -0.2) is 39.0 Å². The van der Waals surface area contributed by atoms with E-state index in [1.165, 1.54) is 18.0 Å². The number of nitrogens with one attached hydrogen (secondary N) is 1. The third-order valence-electron chi connectivity index (χ3n) is 3.20. The summed E-state index contributed by atoms with van der Waals surface area (Å²) in [5.41, 5.74) is 1.27. The van der Waals surface area contributed by atoms with Crippen molar-refractivity contribution in [1.82, 2.24) is 9.97 Å². The molecule has 8 heteroatoms. The van der Waals surface area contributed by atoms with Crippen molar-refractivity contribution in [2.75, 3.05) is 11.6 Å². The molecule has 0 atom stereocenters. The molecule has 2 rings (SSSR count). The molecule has 2 N–H and O–H groups in total. The number of benzene rings is 1. The van der Waals surface area contributed by atoms with E-state index in [9.17, 15) is 14.7 Å². The number of thioether (sulfide) groups is 1. The van der Waals surface area contributed by atoms with E-state index < -0.39 is 17.7 Å². The number of aromatic carboxylic acids is 1. The highest BCUT2D eigenvalue weighted by Crippen LogP contribution is 2.19. The summed E-state index contributed by atoms with van der Waals surface area (Å²) in [6.07, 6.45) is 2.90. The van der Waals surface area contributed by atoms with E-state index in [4.69, 9.17) is 4.74 Å². The molecule has 1 amide bonds. The second-order valence-electron chi connectivity index (χ2n) is 6.53. The number of hydrogen-bond acceptors (Lipinski definition) is 6. The Morgan fingerprint density at radius 3 is 2.65 bits per heavy atom. The number of anilines is 1. The summed E-state index contributed by atoms with van der Waals surface area (Å²) >= 11 is 1.34. The van der Waals surface area contributed by atoms with Crippen LogP contribution in [0, 0.1) is 0 Å².